The molecule has 0 bridgehead atoms. The molecule has 0 radical (unpaired) electrons. The second-order valence-electron chi connectivity index (χ2n) is 5.74. The standard InChI is InChI=1S/C16H15FN2O5S/c1-23-15(20)16(7-8-16)24-12-9-13(25(2,21)22)19-14(18-12)10-3-5-11(17)6-4-10/h3-6,9H,7-8H2,1-2H3. The first kappa shape index (κ1) is 17.3. The quantitative estimate of drug-likeness (QED) is 0.588. The first-order valence-electron chi connectivity index (χ1n) is 7.36. The fourth-order valence-electron chi connectivity index (χ4n) is 2.22. The van der Waals surface area contributed by atoms with Crippen LogP contribution in [0.2, 0.25) is 0 Å². The minimum absolute atomic E-state index is 0.0543. The molecular formula is C16H15FN2O5S. The summed E-state index contributed by atoms with van der Waals surface area (Å²) < 4.78 is 47.2. The van der Waals surface area contributed by atoms with Crippen LogP contribution in [0.25, 0.3) is 11.4 Å². The molecule has 0 saturated heterocycles. The van der Waals surface area contributed by atoms with Crippen LogP contribution in [0.3, 0.4) is 0 Å². The van der Waals surface area contributed by atoms with Crippen LogP contribution in [0.1, 0.15) is 12.8 Å². The van der Waals surface area contributed by atoms with E-state index in [0.29, 0.717) is 18.4 Å². The smallest absolute Gasteiger partial charge is 0.350 e. The largest absolute Gasteiger partial charge is 0.466 e. The molecule has 0 N–H and O–H groups in total. The van der Waals surface area contributed by atoms with E-state index in [1.165, 1.54) is 31.4 Å². The van der Waals surface area contributed by atoms with E-state index >= 15 is 0 Å². The highest BCUT2D eigenvalue weighted by Gasteiger charge is 2.54. The predicted molar refractivity (Wildman–Crippen MR) is 85.1 cm³/mol. The van der Waals surface area contributed by atoms with Gasteiger partial charge in [-0.3, -0.25) is 0 Å². The molecule has 0 atom stereocenters. The van der Waals surface area contributed by atoms with Crippen LogP contribution in [-0.4, -0.2) is 43.3 Å². The summed E-state index contributed by atoms with van der Waals surface area (Å²) in [5.74, 6) is -0.992. The van der Waals surface area contributed by atoms with Crippen molar-refractivity contribution in [2.75, 3.05) is 13.4 Å². The summed E-state index contributed by atoms with van der Waals surface area (Å²) >= 11 is 0. The number of sulfone groups is 1. The number of hydrogen-bond donors (Lipinski definition) is 0. The summed E-state index contributed by atoms with van der Waals surface area (Å²) in [6.45, 7) is 0. The second kappa shape index (κ2) is 6.07. The number of carbonyl (C=O) groups excluding carboxylic acids is 1. The van der Waals surface area contributed by atoms with Gasteiger partial charge in [-0.1, -0.05) is 0 Å². The highest BCUT2D eigenvalue weighted by atomic mass is 32.2. The van der Waals surface area contributed by atoms with Crippen molar-refractivity contribution in [1.82, 2.24) is 9.97 Å². The average molecular weight is 366 g/mol. The number of methoxy groups -OCH3 is 1. The SMILES string of the molecule is COC(=O)C1(Oc2cc(S(C)(=O)=O)nc(-c3ccc(F)cc3)n2)CC1. The van der Waals surface area contributed by atoms with E-state index in [0.717, 1.165) is 12.3 Å². The molecule has 0 aliphatic heterocycles. The summed E-state index contributed by atoms with van der Waals surface area (Å²) in [6, 6.07) is 6.43. The molecular weight excluding hydrogens is 351 g/mol. The van der Waals surface area contributed by atoms with Gasteiger partial charge < -0.3 is 9.47 Å². The van der Waals surface area contributed by atoms with E-state index in [2.05, 4.69) is 9.97 Å². The van der Waals surface area contributed by atoms with Crippen molar-refractivity contribution in [3.05, 3.63) is 36.1 Å². The lowest BCUT2D eigenvalue weighted by Crippen LogP contribution is -2.31. The molecule has 132 valence electrons. The number of nitrogens with zero attached hydrogens (tertiary/aromatic N) is 2. The molecule has 1 aromatic carbocycles. The Balaban J connectivity index is 2.05. The maximum atomic E-state index is 13.1. The lowest BCUT2D eigenvalue weighted by atomic mass is 10.2. The third kappa shape index (κ3) is 3.60. The maximum absolute atomic E-state index is 13.1. The number of carbonyl (C=O) groups is 1. The lowest BCUT2D eigenvalue weighted by molar-refractivity contribution is -0.151. The summed E-state index contributed by atoms with van der Waals surface area (Å²) in [4.78, 5) is 20.0. The van der Waals surface area contributed by atoms with Gasteiger partial charge in [-0.15, -0.1) is 0 Å². The summed E-state index contributed by atoms with van der Waals surface area (Å²) in [5.41, 5.74) is -0.725. The Labute approximate surface area is 143 Å². The van der Waals surface area contributed by atoms with Gasteiger partial charge in [0.1, 0.15) is 5.82 Å². The molecule has 0 amide bonds. The minimum Gasteiger partial charge on any atom is -0.466 e. The van der Waals surface area contributed by atoms with Gasteiger partial charge in [0.15, 0.2) is 20.7 Å². The van der Waals surface area contributed by atoms with E-state index in [4.69, 9.17) is 9.47 Å². The Morgan fingerprint density at radius 3 is 2.36 bits per heavy atom. The number of halogens is 1. The molecule has 3 rings (SSSR count). The van der Waals surface area contributed by atoms with Crippen molar-refractivity contribution >= 4 is 15.8 Å². The van der Waals surface area contributed by atoms with Crippen molar-refractivity contribution in [2.45, 2.75) is 23.5 Å². The van der Waals surface area contributed by atoms with Crippen LogP contribution in [-0.2, 0) is 19.4 Å². The van der Waals surface area contributed by atoms with Crippen molar-refractivity contribution in [3.63, 3.8) is 0 Å². The van der Waals surface area contributed by atoms with Crippen LogP contribution in [0, 0.1) is 5.82 Å². The molecule has 1 fully saturated rings. The van der Waals surface area contributed by atoms with Gasteiger partial charge in [0.05, 0.1) is 7.11 Å². The summed E-state index contributed by atoms with van der Waals surface area (Å²) in [7, 11) is -2.40. The Hall–Kier alpha value is -2.55. The molecule has 1 aromatic heterocycles. The van der Waals surface area contributed by atoms with Crippen molar-refractivity contribution < 1.29 is 27.1 Å². The van der Waals surface area contributed by atoms with Crippen molar-refractivity contribution in [1.29, 1.82) is 0 Å². The maximum Gasteiger partial charge on any atom is 0.350 e. The first-order chi connectivity index (χ1) is 11.7. The zero-order valence-corrected chi connectivity index (χ0v) is 14.3. The van der Waals surface area contributed by atoms with Gasteiger partial charge in [-0.05, 0) is 24.3 Å². The fraction of sp³-hybridized carbons (Fsp3) is 0.312. The van der Waals surface area contributed by atoms with E-state index < -0.39 is 27.2 Å². The lowest BCUT2D eigenvalue weighted by Gasteiger charge is -2.15. The average Bonchev–Trinajstić information content (AvgIpc) is 3.34. The molecule has 1 aliphatic rings. The number of esters is 1. The van der Waals surface area contributed by atoms with Gasteiger partial charge in [-0.2, -0.15) is 4.98 Å². The van der Waals surface area contributed by atoms with E-state index in [9.17, 15) is 17.6 Å². The van der Waals surface area contributed by atoms with Gasteiger partial charge in [0, 0.05) is 30.7 Å². The van der Waals surface area contributed by atoms with Crippen LogP contribution < -0.4 is 4.74 Å². The molecule has 2 aromatic rings. The number of rotatable bonds is 5. The molecule has 1 heterocycles. The third-order valence-electron chi connectivity index (χ3n) is 3.72. The fourth-order valence-corrected chi connectivity index (χ4v) is 2.79. The summed E-state index contributed by atoms with van der Waals surface area (Å²) in [6.07, 6.45) is 1.90. The van der Waals surface area contributed by atoms with Gasteiger partial charge in [-0.25, -0.2) is 22.6 Å². The second-order valence-corrected chi connectivity index (χ2v) is 7.70. The monoisotopic (exact) mass is 366 g/mol. The van der Waals surface area contributed by atoms with E-state index in [1.54, 1.807) is 0 Å². The number of ether oxygens (including phenoxy) is 2. The molecule has 7 nitrogen and oxygen atoms in total. The molecule has 9 heteroatoms. The van der Waals surface area contributed by atoms with Crippen LogP contribution in [0.15, 0.2) is 35.4 Å². The zero-order chi connectivity index (χ0) is 18.2. The highest BCUT2D eigenvalue weighted by molar-refractivity contribution is 7.90. The van der Waals surface area contributed by atoms with Gasteiger partial charge >= 0.3 is 5.97 Å². The molecule has 0 unspecified atom stereocenters. The zero-order valence-electron chi connectivity index (χ0n) is 13.5. The predicted octanol–water partition coefficient (Wildman–Crippen LogP) is 1.77. The van der Waals surface area contributed by atoms with Crippen LogP contribution in [0.4, 0.5) is 4.39 Å². The number of benzene rings is 1. The normalized spacial score (nSPS) is 15.5. The highest BCUT2D eigenvalue weighted by Crippen LogP contribution is 2.41. The van der Waals surface area contributed by atoms with Crippen molar-refractivity contribution in [2.24, 2.45) is 0 Å². The van der Waals surface area contributed by atoms with Gasteiger partial charge in [0.2, 0.25) is 11.5 Å². The van der Waals surface area contributed by atoms with E-state index in [-0.39, 0.29) is 16.7 Å². The summed E-state index contributed by atoms with van der Waals surface area (Å²) in [5, 5.41) is -0.252. The molecule has 1 aliphatic carbocycles. The van der Waals surface area contributed by atoms with Crippen molar-refractivity contribution in [3.8, 4) is 17.3 Å². The number of aromatic nitrogens is 2. The number of hydrogen-bond acceptors (Lipinski definition) is 7. The third-order valence-corrected chi connectivity index (χ3v) is 4.69. The molecule has 1 saturated carbocycles. The van der Waals surface area contributed by atoms with Crippen LogP contribution >= 0.6 is 0 Å². The first-order valence-corrected chi connectivity index (χ1v) is 9.25. The Bertz CT molecular complexity index is 924. The Kier molecular flexibility index (Phi) is 4.19. The topological polar surface area (TPSA) is 95.5 Å². The Morgan fingerprint density at radius 2 is 1.84 bits per heavy atom. The van der Waals surface area contributed by atoms with Gasteiger partial charge in [0.25, 0.3) is 0 Å². The minimum atomic E-state index is -3.65. The molecule has 0 spiro atoms. The van der Waals surface area contributed by atoms with E-state index in [1.807, 2.05) is 0 Å². The molecule has 25 heavy (non-hydrogen) atoms. The van der Waals surface area contributed by atoms with Crippen LogP contribution in [0.5, 0.6) is 5.88 Å². The Morgan fingerprint density at radius 1 is 1.20 bits per heavy atom.